The number of hydrogen-bond donors (Lipinski definition) is 2. The van der Waals surface area contributed by atoms with Gasteiger partial charge in [0, 0.05) is 11.1 Å². The van der Waals surface area contributed by atoms with Gasteiger partial charge in [0.2, 0.25) is 0 Å². The second kappa shape index (κ2) is 5.79. The third kappa shape index (κ3) is 3.53. The molecule has 0 saturated carbocycles. The minimum atomic E-state index is -4.55. The Hall–Kier alpha value is -1.96. The van der Waals surface area contributed by atoms with Gasteiger partial charge in [-0.2, -0.15) is 13.2 Å². The van der Waals surface area contributed by atoms with Crippen LogP contribution in [0.15, 0.2) is 18.2 Å². The zero-order chi connectivity index (χ0) is 19.4. The molecule has 1 aromatic rings. The van der Waals surface area contributed by atoms with Crippen LogP contribution in [0.4, 0.5) is 18.0 Å². The molecule has 1 aliphatic heterocycles. The fraction of sp³-hybridized carbons (Fsp3) is 0.588. The van der Waals surface area contributed by atoms with Crippen LogP contribution in [0.5, 0.6) is 5.75 Å². The van der Waals surface area contributed by atoms with Crippen LogP contribution in [-0.4, -0.2) is 33.2 Å². The van der Waals surface area contributed by atoms with Gasteiger partial charge in [-0.1, -0.05) is 0 Å². The van der Waals surface area contributed by atoms with Crippen molar-refractivity contribution in [3.05, 3.63) is 29.3 Å². The molecule has 1 heterocycles. The Kier molecular flexibility index (Phi) is 4.49. The first-order valence-electron chi connectivity index (χ1n) is 7.83. The number of alkyl halides is 3. The van der Waals surface area contributed by atoms with E-state index in [1.807, 2.05) is 0 Å². The molecule has 0 bridgehead atoms. The lowest BCUT2D eigenvalue weighted by Crippen LogP contribution is -2.65. The summed E-state index contributed by atoms with van der Waals surface area (Å²) >= 11 is 0. The van der Waals surface area contributed by atoms with Gasteiger partial charge in [-0.3, -0.25) is 0 Å². The largest absolute Gasteiger partial charge is 0.485 e. The first-order valence-corrected chi connectivity index (χ1v) is 7.83. The van der Waals surface area contributed by atoms with Crippen LogP contribution < -0.4 is 10.5 Å². The second-order valence-electron chi connectivity index (χ2n) is 7.72. The van der Waals surface area contributed by atoms with E-state index in [-0.39, 0.29) is 11.3 Å². The van der Waals surface area contributed by atoms with E-state index in [1.165, 1.54) is 11.0 Å². The van der Waals surface area contributed by atoms with Crippen molar-refractivity contribution < 1.29 is 27.8 Å². The number of aliphatic hydroxyl groups excluding tert-OH is 1. The fourth-order valence-corrected chi connectivity index (χ4v) is 3.28. The average molecular weight is 360 g/mol. The Balaban J connectivity index is 2.60. The Bertz CT molecular complexity index is 681. The standard InChI is InChI=1S/C17H23F3N2O3/c1-15(2,3)22(14(21)24)13-12(23)10-8-9(17(18,19)20)6-7-11(10)25-16(13,4)5/h6-8,12-13,23H,1-5H3,(H2,21,24). The number of fused-ring (bicyclic) bond motifs is 1. The molecule has 2 rings (SSSR count). The summed E-state index contributed by atoms with van der Waals surface area (Å²) in [6.07, 6.45) is -5.93. The highest BCUT2D eigenvalue weighted by atomic mass is 19.4. The number of amides is 2. The first-order chi connectivity index (χ1) is 11.2. The molecular formula is C17H23F3N2O3. The van der Waals surface area contributed by atoms with Gasteiger partial charge >= 0.3 is 12.2 Å². The molecular weight excluding hydrogens is 337 g/mol. The van der Waals surface area contributed by atoms with E-state index in [1.54, 1.807) is 34.6 Å². The molecule has 0 spiro atoms. The van der Waals surface area contributed by atoms with E-state index in [2.05, 4.69) is 0 Å². The summed E-state index contributed by atoms with van der Waals surface area (Å²) < 4.78 is 44.8. The SMILES string of the molecule is CC1(C)Oc2ccc(C(F)(F)F)cc2C(O)C1N(C(N)=O)C(C)(C)C. The highest BCUT2D eigenvalue weighted by Gasteiger charge is 2.51. The summed E-state index contributed by atoms with van der Waals surface area (Å²) in [4.78, 5) is 13.3. The van der Waals surface area contributed by atoms with Crippen LogP contribution in [0, 0.1) is 0 Å². The van der Waals surface area contributed by atoms with Gasteiger partial charge in [0.25, 0.3) is 0 Å². The van der Waals surface area contributed by atoms with E-state index in [4.69, 9.17) is 10.5 Å². The molecule has 0 radical (unpaired) electrons. The summed E-state index contributed by atoms with van der Waals surface area (Å²) in [6, 6.07) is 1.19. The quantitative estimate of drug-likeness (QED) is 0.805. The Morgan fingerprint density at radius 1 is 1.28 bits per heavy atom. The Morgan fingerprint density at radius 3 is 2.28 bits per heavy atom. The molecule has 2 unspecified atom stereocenters. The predicted octanol–water partition coefficient (Wildman–Crippen LogP) is 3.46. The maximum absolute atomic E-state index is 13.0. The molecule has 1 aromatic carbocycles. The molecule has 3 N–H and O–H groups in total. The molecule has 5 nitrogen and oxygen atoms in total. The number of nitrogens with zero attached hydrogens (tertiary/aromatic N) is 1. The number of nitrogens with two attached hydrogens (primary N) is 1. The van der Waals surface area contributed by atoms with Crippen LogP contribution >= 0.6 is 0 Å². The summed E-state index contributed by atoms with van der Waals surface area (Å²) in [5.74, 6) is 0.153. The number of halogens is 3. The van der Waals surface area contributed by atoms with Gasteiger partial charge in [0.05, 0.1) is 5.56 Å². The second-order valence-corrected chi connectivity index (χ2v) is 7.72. The van der Waals surface area contributed by atoms with Gasteiger partial charge in [-0.05, 0) is 52.8 Å². The van der Waals surface area contributed by atoms with Crippen LogP contribution in [0.2, 0.25) is 0 Å². The summed E-state index contributed by atoms with van der Waals surface area (Å²) in [6.45, 7) is 8.49. The molecule has 2 amide bonds. The average Bonchev–Trinajstić information content (AvgIpc) is 2.39. The number of rotatable bonds is 1. The van der Waals surface area contributed by atoms with E-state index < -0.39 is 41.1 Å². The van der Waals surface area contributed by atoms with Crippen molar-refractivity contribution in [1.29, 1.82) is 0 Å². The zero-order valence-electron chi connectivity index (χ0n) is 14.8. The minimum Gasteiger partial charge on any atom is -0.485 e. The number of carbonyl (C=O) groups excluding carboxylic acids is 1. The number of aliphatic hydroxyl groups is 1. The van der Waals surface area contributed by atoms with Crippen LogP contribution in [0.3, 0.4) is 0 Å². The van der Waals surface area contributed by atoms with Crippen molar-refractivity contribution in [2.45, 2.75) is 64.1 Å². The van der Waals surface area contributed by atoms with Gasteiger partial charge in [-0.15, -0.1) is 0 Å². The highest BCUT2D eigenvalue weighted by molar-refractivity contribution is 5.74. The van der Waals surface area contributed by atoms with Crippen molar-refractivity contribution >= 4 is 6.03 Å². The van der Waals surface area contributed by atoms with Crippen molar-refractivity contribution in [1.82, 2.24) is 4.90 Å². The van der Waals surface area contributed by atoms with Gasteiger partial charge in [0.1, 0.15) is 23.5 Å². The molecule has 0 aliphatic carbocycles. The monoisotopic (exact) mass is 360 g/mol. The van der Waals surface area contributed by atoms with Gasteiger partial charge < -0.3 is 20.5 Å². The van der Waals surface area contributed by atoms with E-state index >= 15 is 0 Å². The van der Waals surface area contributed by atoms with Crippen molar-refractivity contribution in [2.75, 3.05) is 0 Å². The van der Waals surface area contributed by atoms with Crippen LogP contribution in [-0.2, 0) is 6.18 Å². The third-order valence-electron chi connectivity index (χ3n) is 4.28. The minimum absolute atomic E-state index is 0.0188. The number of hydrogen-bond acceptors (Lipinski definition) is 3. The molecule has 0 fully saturated rings. The molecule has 8 heteroatoms. The first kappa shape index (κ1) is 19.4. The number of ether oxygens (including phenoxy) is 1. The van der Waals surface area contributed by atoms with Gasteiger partial charge in [-0.25, -0.2) is 4.79 Å². The number of urea groups is 1. The van der Waals surface area contributed by atoms with Crippen molar-refractivity contribution in [3.8, 4) is 5.75 Å². The molecule has 25 heavy (non-hydrogen) atoms. The Labute approximate surface area is 144 Å². The summed E-state index contributed by atoms with van der Waals surface area (Å²) in [7, 11) is 0. The number of primary amides is 1. The molecule has 2 atom stereocenters. The topological polar surface area (TPSA) is 75.8 Å². The maximum atomic E-state index is 13.0. The lowest BCUT2D eigenvalue weighted by molar-refractivity contribution is -0.138. The van der Waals surface area contributed by atoms with E-state index in [9.17, 15) is 23.1 Å². The lowest BCUT2D eigenvalue weighted by atomic mass is 9.82. The van der Waals surface area contributed by atoms with E-state index in [0.29, 0.717) is 0 Å². The maximum Gasteiger partial charge on any atom is 0.416 e. The lowest BCUT2D eigenvalue weighted by Gasteiger charge is -2.51. The van der Waals surface area contributed by atoms with Crippen LogP contribution in [0.25, 0.3) is 0 Å². The normalized spacial score (nSPS) is 22.8. The summed E-state index contributed by atoms with van der Waals surface area (Å²) in [5, 5.41) is 10.8. The van der Waals surface area contributed by atoms with Crippen LogP contribution in [0.1, 0.15) is 51.8 Å². The fourth-order valence-electron chi connectivity index (χ4n) is 3.28. The molecule has 1 aliphatic rings. The zero-order valence-corrected chi connectivity index (χ0v) is 14.8. The van der Waals surface area contributed by atoms with Gasteiger partial charge in [0.15, 0.2) is 0 Å². The predicted molar refractivity (Wildman–Crippen MR) is 86.1 cm³/mol. The molecule has 140 valence electrons. The number of benzene rings is 1. The Morgan fingerprint density at radius 2 is 1.84 bits per heavy atom. The van der Waals surface area contributed by atoms with E-state index in [0.717, 1.165) is 12.1 Å². The van der Waals surface area contributed by atoms with Crippen molar-refractivity contribution in [2.24, 2.45) is 5.73 Å². The third-order valence-corrected chi connectivity index (χ3v) is 4.28. The molecule has 0 aromatic heterocycles. The number of carbonyl (C=O) groups is 1. The highest BCUT2D eigenvalue weighted by Crippen LogP contribution is 2.45. The molecule has 0 saturated heterocycles. The smallest absolute Gasteiger partial charge is 0.416 e. The van der Waals surface area contributed by atoms with Crippen molar-refractivity contribution in [3.63, 3.8) is 0 Å². The summed E-state index contributed by atoms with van der Waals surface area (Å²) in [5.41, 5.74) is 2.76.